The van der Waals surface area contributed by atoms with Crippen LogP contribution in [0.15, 0.2) is 6.07 Å². The van der Waals surface area contributed by atoms with Gasteiger partial charge in [-0.1, -0.05) is 6.57 Å². The lowest BCUT2D eigenvalue weighted by Crippen LogP contribution is -2.41. The van der Waals surface area contributed by atoms with Crippen LogP contribution < -0.4 is 9.64 Å². The first-order valence-electron chi connectivity index (χ1n) is 6.03. The highest BCUT2D eigenvalue weighted by atomic mass is 35.5. The Kier molecular flexibility index (Phi) is 3.73. The van der Waals surface area contributed by atoms with Gasteiger partial charge in [-0.15, -0.1) is 4.98 Å². The molecule has 0 saturated carbocycles. The third-order valence-electron chi connectivity index (χ3n) is 2.47. The van der Waals surface area contributed by atoms with Crippen molar-refractivity contribution in [3.8, 4) is 5.75 Å². The van der Waals surface area contributed by atoms with Crippen molar-refractivity contribution in [3.63, 3.8) is 0 Å². The van der Waals surface area contributed by atoms with Crippen molar-refractivity contribution in [2.45, 2.75) is 26.4 Å². The first-order valence-corrected chi connectivity index (χ1v) is 6.41. The van der Waals surface area contributed by atoms with Gasteiger partial charge in [0.25, 0.3) is 5.82 Å². The third kappa shape index (κ3) is 2.94. The maximum absolute atomic E-state index is 12.2. The Labute approximate surface area is 122 Å². The maximum Gasteiger partial charge on any atom is 0.414 e. The van der Waals surface area contributed by atoms with Crippen molar-refractivity contribution in [2.75, 3.05) is 18.1 Å². The van der Waals surface area contributed by atoms with Gasteiger partial charge in [0.15, 0.2) is 0 Å². The number of carbonyl (C=O) groups excluding carboxylic acids is 1. The molecule has 1 aromatic rings. The number of nitrogens with zero attached hydrogens (tertiary/aromatic N) is 3. The predicted octanol–water partition coefficient (Wildman–Crippen LogP) is 3.42. The van der Waals surface area contributed by atoms with Crippen molar-refractivity contribution in [1.29, 1.82) is 0 Å². The number of pyridine rings is 1. The number of aromatic nitrogens is 1. The molecule has 7 heteroatoms. The summed E-state index contributed by atoms with van der Waals surface area (Å²) in [7, 11) is 0. The van der Waals surface area contributed by atoms with Gasteiger partial charge in [-0.2, -0.15) is 0 Å². The molecule has 106 valence electrons. The smallest absolute Gasteiger partial charge is 0.414 e. The summed E-state index contributed by atoms with van der Waals surface area (Å²) in [6.45, 7) is 13.1. The van der Waals surface area contributed by atoms with Crippen LogP contribution in [0, 0.1) is 6.57 Å². The van der Waals surface area contributed by atoms with Crippen LogP contribution in [-0.4, -0.2) is 29.8 Å². The highest BCUT2D eigenvalue weighted by Gasteiger charge is 2.31. The van der Waals surface area contributed by atoms with Crippen molar-refractivity contribution in [2.24, 2.45) is 0 Å². The van der Waals surface area contributed by atoms with Crippen LogP contribution in [0.2, 0.25) is 5.15 Å². The normalized spacial score (nSPS) is 14.1. The van der Waals surface area contributed by atoms with Gasteiger partial charge in [0.05, 0.1) is 6.54 Å². The molecule has 1 aliphatic heterocycles. The largest absolute Gasteiger partial charge is 0.491 e. The second kappa shape index (κ2) is 5.17. The monoisotopic (exact) mass is 295 g/mol. The molecule has 1 aromatic heterocycles. The summed E-state index contributed by atoms with van der Waals surface area (Å²) < 4.78 is 10.8. The quantitative estimate of drug-likeness (QED) is 0.543. The van der Waals surface area contributed by atoms with Crippen molar-refractivity contribution in [3.05, 3.63) is 22.6 Å². The Morgan fingerprint density at radius 3 is 2.90 bits per heavy atom. The average molecular weight is 296 g/mol. The molecule has 6 nitrogen and oxygen atoms in total. The number of hydrogen-bond acceptors (Lipinski definition) is 4. The Balaban J connectivity index is 2.42. The number of amides is 1. The molecule has 0 aromatic carbocycles. The molecule has 2 heterocycles. The first-order chi connectivity index (χ1) is 9.31. The zero-order valence-corrected chi connectivity index (χ0v) is 12.2. The zero-order valence-electron chi connectivity index (χ0n) is 11.4. The molecule has 0 radical (unpaired) electrons. The first kappa shape index (κ1) is 14.4. The van der Waals surface area contributed by atoms with E-state index in [0.717, 1.165) is 0 Å². The number of halogens is 1. The second-order valence-corrected chi connectivity index (χ2v) is 5.59. The highest BCUT2D eigenvalue weighted by molar-refractivity contribution is 6.29. The molecule has 0 atom stereocenters. The minimum Gasteiger partial charge on any atom is -0.491 e. The predicted molar refractivity (Wildman–Crippen MR) is 74.6 cm³/mol. The molecule has 0 spiro atoms. The summed E-state index contributed by atoms with van der Waals surface area (Å²) in [6.07, 6.45) is -0.531. The van der Waals surface area contributed by atoms with Gasteiger partial charge >= 0.3 is 6.09 Å². The van der Waals surface area contributed by atoms with E-state index in [4.69, 9.17) is 27.6 Å². The van der Waals surface area contributed by atoms with Crippen LogP contribution in [0.1, 0.15) is 20.8 Å². The minimum absolute atomic E-state index is 0.0260. The number of hydrogen-bond donors (Lipinski definition) is 0. The topological polar surface area (TPSA) is 56.0 Å². The lowest BCUT2D eigenvalue weighted by atomic mass is 10.2. The number of anilines is 1. The van der Waals surface area contributed by atoms with Gasteiger partial charge < -0.3 is 14.3 Å². The molecule has 1 aliphatic rings. The van der Waals surface area contributed by atoms with Crippen LogP contribution in [0.5, 0.6) is 5.75 Å². The number of fused-ring (bicyclic) bond motifs is 1. The molecule has 0 bridgehead atoms. The molecule has 0 saturated heterocycles. The van der Waals surface area contributed by atoms with Crippen molar-refractivity contribution in [1.82, 2.24) is 4.98 Å². The van der Waals surface area contributed by atoms with Crippen LogP contribution in [0.25, 0.3) is 4.85 Å². The summed E-state index contributed by atoms with van der Waals surface area (Å²) in [5.41, 5.74) is -0.307. The summed E-state index contributed by atoms with van der Waals surface area (Å²) in [4.78, 5) is 20.8. The van der Waals surface area contributed by atoms with E-state index in [1.807, 2.05) is 0 Å². The number of rotatable bonds is 0. The molecular formula is C13H14ClN3O3. The van der Waals surface area contributed by atoms with E-state index in [-0.39, 0.29) is 11.0 Å². The highest BCUT2D eigenvalue weighted by Crippen LogP contribution is 2.41. The zero-order chi connectivity index (χ0) is 14.9. The molecular weight excluding hydrogens is 282 g/mol. The molecule has 2 rings (SSSR count). The van der Waals surface area contributed by atoms with E-state index in [1.54, 1.807) is 20.8 Å². The molecule has 0 fully saturated rings. The second-order valence-electron chi connectivity index (χ2n) is 5.21. The van der Waals surface area contributed by atoms with E-state index >= 15 is 0 Å². The van der Waals surface area contributed by atoms with E-state index in [1.165, 1.54) is 11.0 Å². The summed E-state index contributed by atoms with van der Waals surface area (Å²) in [5, 5.41) is 0.154. The Morgan fingerprint density at radius 2 is 2.30 bits per heavy atom. The van der Waals surface area contributed by atoms with E-state index in [2.05, 4.69) is 9.83 Å². The fourth-order valence-corrected chi connectivity index (χ4v) is 1.95. The van der Waals surface area contributed by atoms with Crippen molar-refractivity contribution >= 4 is 29.2 Å². The summed E-state index contributed by atoms with van der Waals surface area (Å²) in [6, 6.07) is 1.49. The minimum atomic E-state index is -0.617. The van der Waals surface area contributed by atoms with Gasteiger partial charge in [0.2, 0.25) is 5.15 Å². The Morgan fingerprint density at radius 1 is 1.60 bits per heavy atom. The standard InChI is InChI=1S/C13H14ClN3O3/c1-13(2,3)20-12(18)17-5-6-19-8-7-9(14)16-11(15-4)10(8)17/h7H,5-6H2,1-3H3. The van der Waals surface area contributed by atoms with Crippen LogP contribution in [-0.2, 0) is 4.74 Å². The average Bonchev–Trinajstić information content (AvgIpc) is 2.34. The Bertz CT molecular complexity index is 590. The van der Waals surface area contributed by atoms with Crippen molar-refractivity contribution < 1.29 is 14.3 Å². The van der Waals surface area contributed by atoms with E-state index in [0.29, 0.717) is 24.6 Å². The Hall–Kier alpha value is -2.00. The SMILES string of the molecule is [C-]#[N+]c1nc(Cl)cc2c1N(C(=O)OC(C)(C)C)CCO2. The lowest BCUT2D eigenvalue weighted by molar-refractivity contribution is 0.0568. The fraction of sp³-hybridized carbons (Fsp3) is 0.462. The maximum atomic E-state index is 12.2. The van der Waals surface area contributed by atoms with Gasteiger partial charge in [0, 0.05) is 6.07 Å². The van der Waals surface area contributed by atoms with Gasteiger partial charge in [-0.05, 0) is 32.4 Å². The number of ether oxygens (including phenoxy) is 2. The molecule has 0 N–H and O–H groups in total. The third-order valence-corrected chi connectivity index (χ3v) is 2.66. The van der Waals surface area contributed by atoms with Crippen LogP contribution in [0.4, 0.5) is 16.3 Å². The molecule has 1 amide bonds. The lowest BCUT2D eigenvalue weighted by Gasteiger charge is -2.31. The summed E-state index contributed by atoms with van der Waals surface area (Å²) in [5.74, 6) is 0.395. The van der Waals surface area contributed by atoms with Crippen LogP contribution in [0.3, 0.4) is 0 Å². The van der Waals surface area contributed by atoms with Gasteiger partial charge in [-0.25, -0.2) is 4.79 Å². The number of carbonyl (C=O) groups is 1. The molecule has 20 heavy (non-hydrogen) atoms. The van der Waals surface area contributed by atoms with Gasteiger partial charge in [-0.3, -0.25) is 4.90 Å². The molecule has 0 unspecified atom stereocenters. The molecule has 0 aliphatic carbocycles. The van der Waals surface area contributed by atoms with Gasteiger partial charge in [0.1, 0.15) is 23.6 Å². The van der Waals surface area contributed by atoms with Crippen LogP contribution >= 0.6 is 11.6 Å². The van der Waals surface area contributed by atoms with E-state index in [9.17, 15) is 4.79 Å². The summed E-state index contributed by atoms with van der Waals surface area (Å²) >= 11 is 5.83. The fourth-order valence-electron chi connectivity index (χ4n) is 1.77. The van der Waals surface area contributed by atoms with E-state index < -0.39 is 11.7 Å².